The van der Waals surface area contributed by atoms with E-state index in [1.54, 1.807) is 0 Å². The molecule has 2 aromatic rings. The number of hydrogen-bond donors (Lipinski definition) is 0. The molecule has 5 heteroatoms. The number of ketones is 1. The minimum atomic E-state index is -0.950. The van der Waals surface area contributed by atoms with Crippen molar-refractivity contribution in [3.05, 3.63) is 75.5 Å². The summed E-state index contributed by atoms with van der Waals surface area (Å²) in [5, 5.41) is 0. The molecular formula is C15H8BrF3O. The van der Waals surface area contributed by atoms with Gasteiger partial charge in [0, 0.05) is 16.1 Å². The average Bonchev–Trinajstić information content (AvgIpc) is 2.39. The van der Waals surface area contributed by atoms with Gasteiger partial charge in [-0.1, -0.05) is 15.9 Å². The van der Waals surface area contributed by atoms with Gasteiger partial charge in [0.1, 0.15) is 17.5 Å². The lowest BCUT2D eigenvalue weighted by Gasteiger charge is -2.00. The van der Waals surface area contributed by atoms with E-state index in [4.69, 9.17) is 0 Å². The largest absolute Gasteiger partial charge is 0.289 e. The zero-order chi connectivity index (χ0) is 14.7. The number of carbonyl (C=O) groups excluding carboxylic acids is 1. The van der Waals surface area contributed by atoms with Crippen LogP contribution in [0, 0.1) is 17.5 Å². The molecule has 0 aliphatic heterocycles. The number of benzene rings is 2. The molecule has 0 fully saturated rings. The lowest BCUT2D eigenvalue weighted by atomic mass is 10.1. The van der Waals surface area contributed by atoms with Crippen molar-refractivity contribution in [1.82, 2.24) is 0 Å². The van der Waals surface area contributed by atoms with E-state index in [1.165, 1.54) is 24.3 Å². The molecule has 0 radical (unpaired) electrons. The van der Waals surface area contributed by atoms with Crippen molar-refractivity contribution in [3.8, 4) is 0 Å². The van der Waals surface area contributed by atoms with E-state index in [2.05, 4.69) is 15.9 Å². The van der Waals surface area contributed by atoms with E-state index in [0.29, 0.717) is 10.5 Å². The van der Waals surface area contributed by atoms with Crippen LogP contribution in [0.2, 0.25) is 0 Å². The van der Waals surface area contributed by atoms with Gasteiger partial charge in [-0.2, -0.15) is 0 Å². The monoisotopic (exact) mass is 340 g/mol. The zero-order valence-electron chi connectivity index (χ0n) is 10.0. The van der Waals surface area contributed by atoms with Gasteiger partial charge in [-0.15, -0.1) is 0 Å². The van der Waals surface area contributed by atoms with Gasteiger partial charge in [0.2, 0.25) is 0 Å². The van der Waals surface area contributed by atoms with Gasteiger partial charge in [-0.25, -0.2) is 13.2 Å². The molecular weight excluding hydrogens is 333 g/mol. The fraction of sp³-hybridized carbons (Fsp3) is 0. The van der Waals surface area contributed by atoms with E-state index in [-0.39, 0.29) is 11.1 Å². The van der Waals surface area contributed by atoms with Crippen LogP contribution in [0.25, 0.3) is 6.08 Å². The molecule has 0 bridgehead atoms. The van der Waals surface area contributed by atoms with E-state index in [0.717, 1.165) is 18.2 Å². The van der Waals surface area contributed by atoms with Gasteiger partial charge in [-0.3, -0.25) is 4.79 Å². The molecule has 102 valence electrons. The molecule has 0 unspecified atom stereocenters. The SMILES string of the molecule is O=C(/C=C/c1cc(Br)ccc1F)c1ccc(F)cc1F. The van der Waals surface area contributed by atoms with Crippen LogP contribution in [0.5, 0.6) is 0 Å². The molecule has 0 N–H and O–H groups in total. The topological polar surface area (TPSA) is 17.1 Å². The first-order valence-electron chi connectivity index (χ1n) is 5.60. The van der Waals surface area contributed by atoms with Gasteiger partial charge in [0.05, 0.1) is 5.56 Å². The highest BCUT2D eigenvalue weighted by Gasteiger charge is 2.10. The third-order valence-electron chi connectivity index (χ3n) is 2.57. The summed E-state index contributed by atoms with van der Waals surface area (Å²) in [4.78, 5) is 11.8. The summed E-state index contributed by atoms with van der Waals surface area (Å²) in [5.74, 6) is -2.88. The molecule has 0 saturated heterocycles. The Morgan fingerprint density at radius 3 is 2.45 bits per heavy atom. The lowest BCUT2D eigenvalue weighted by molar-refractivity contribution is 0.104. The third-order valence-corrected chi connectivity index (χ3v) is 3.06. The first kappa shape index (κ1) is 14.5. The van der Waals surface area contributed by atoms with Gasteiger partial charge >= 0.3 is 0 Å². The summed E-state index contributed by atoms with van der Waals surface area (Å²) in [5.41, 5.74) is -0.0756. The van der Waals surface area contributed by atoms with Gasteiger partial charge in [0.25, 0.3) is 0 Å². The molecule has 1 nitrogen and oxygen atoms in total. The average molecular weight is 341 g/mol. The van der Waals surface area contributed by atoms with Crippen LogP contribution in [0.15, 0.2) is 46.9 Å². The molecule has 20 heavy (non-hydrogen) atoms. The molecule has 0 amide bonds. The van der Waals surface area contributed by atoms with Crippen molar-refractivity contribution >= 4 is 27.8 Å². The number of halogens is 4. The maximum atomic E-state index is 13.4. The molecule has 2 aromatic carbocycles. The Balaban J connectivity index is 2.27. The Morgan fingerprint density at radius 2 is 1.75 bits per heavy atom. The van der Waals surface area contributed by atoms with E-state index in [1.807, 2.05) is 0 Å². The maximum Gasteiger partial charge on any atom is 0.188 e. The van der Waals surface area contributed by atoms with Crippen LogP contribution < -0.4 is 0 Å². The Morgan fingerprint density at radius 1 is 1.00 bits per heavy atom. The molecule has 0 aromatic heterocycles. The van der Waals surface area contributed by atoms with Crippen molar-refractivity contribution in [1.29, 1.82) is 0 Å². The van der Waals surface area contributed by atoms with E-state index in [9.17, 15) is 18.0 Å². The predicted molar refractivity (Wildman–Crippen MR) is 73.8 cm³/mol. The van der Waals surface area contributed by atoms with Gasteiger partial charge in [0.15, 0.2) is 5.78 Å². The van der Waals surface area contributed by atoms with Crippen LogP contribution in [-0.4, -0.2) is 5.78 Å². The molecule has 0 heterocycles. The number of allylic oxidation sites excluding steroid dienone is 1. The van der Waals surface area contributed by atoms with Crippen LogP contribution in [0.4, 0.5) is 13.2 Å². The summed E-state index contributed by atoms with van der Waals surface area (Å²) in [6.07, 6.45) is 2.28. The molecule has 0 aliphatic rings. The fourth-order valence-corrected chi connectivity index (χ4v) is 1.97. The van der Waals surface area contributed by atoms with Gasteiger partial charge in [-0.05, 0) is 42.5 Å². The van der Waals surface area contributed by atoms with Crippen molar-refractivity contribution in [2.24, 2.45) is 0 Å². The Bertz CT molecular complexity index is 696. The summed E-state index contributed by atoms with van der Waals surface area (Å²) in [6.45, 7) is 0. The van der Waals surface area contributed by atoms with Crippen molar-refractivity contribution < 1.29 is 18.0 Å². The predicted octanol–water partition coefficient (Wildman–Crippen LogP) is 4.76. The zero-order valence-corrected chi connectivity index (χ0v) is 11.6. The van der Waals surface area contributed by atoms with Crippen LogP contribution >= 0.6 is 15.9 Å². The highest BCUT2D eigenvalue weighted by atomic mass is 79.9. The minimum absolute atomic E-state index is 0.190. The van der Waals surface area contributed by atoms with Crippen LogP contribution in [0.1, 0.15) is 15.9 Å². The van der Waals surface area contributed by atoms with Crippen molar-refractivity contribution in [2.75, 3.05) is 0 Å². The summed E-state index contributed by atoms with van der Waals surface area (Å²) in [6, 6.07) is 6.92. The van der Waals surface area contributed by atoms with Gasteiger partial charge < -0.3 is 0 Å². The smallest absolute Gasteiger partial charge is 0.188 e. The third kappa shape index (κ3) is 3.36. The Kier molecular flexibility index (Phi) is 4.39. The number of hydrogen-bond acceptors (Lipinski definition) is 1. The maximum absolute atomic E-state index is 13.4. The normalized spacial score (nSPS) is 11.0. The van der Waals surface area contributed by atoms with Crippen LogP contribution in [0.3, 0.4) is 0 Å². The molecule has 0 spiro atoms. The number of rotatable bonds is 3. The molecule has 0 saturated carbocycles. The summed E-state index contributed by atoms with van der Waals surface area (Å²) < 4.78 is 40.2. The second-order valence-electron chi connectivity index (χ2n) is 3.99. The van der Waals surface area contributed by atoms with Crippen molar-refractivity contribution in [2.45, 2.75) is 0 Å². The first-order chi connectivity index (χ1) is 9.47. The second-order valence-corrected chi connectivity index (χ2v) is 4.90. The lowest BCUT2D eigenvalue weighted by Crippen LogP contribution is -1.99. The fourth-order valence-electron chi connectivity index (χ4n) is 1.59. The number of carbonyl (C=O) groups is 1. The Hall–Kier alpha value is -1.88. The highest BCUT2D eigenvalue weighted by Crippen LogP contribution is 2.17. The highest BCUT2D eigenvalue weighted by molar-refractivity contribution is 9.10. The first-order valence-corrected chi connectivity index (χ1v) is 6.39. The molecule has 0 aliphatic carbocycles. The summed E-state index contributed by atoms with van der Waals surface area (Å²) in [7, 11) is 0. The molecule has 2 rings (SSSR count). The summed E-state index contributed by atoms with van der Waals surface area (Å²) >= 11 is 3.18. The van der Waals surface area contributed by atoms with Crippen molar-refractivity contribution in [3.63, 3.8) is 0 Å². The molecule has 0 atom stereocenters. The van der Waals surface area contributed by atoms with Crippen LogP contribution in [-0.2, 0) is 0 Å². The minimum Gasteiger partial charge on any atom is -0.289 e. The standard InChI is InChI=1S/C15H8BrF3O/c16-10-2-5-13(18)9(7-10)1-6-15(20)12-4-3-11(17)8-14(12)19/h1-8H/b6-1+. The second kappa shape index (κ2) is 6.05. The van der Waals surface area contributed by atoms with E-state index >= 15 is 0 Å². The van der Waals surface area contributed by atoms with E-state index < -0.39 is 23.2 Å². The Labute approximate surface area is 121 Å². The quantitative estimate of drug-likeness (QED) is 0.581.